The van der Waals surface area contributed by atoms with Gasteiger partial charge in [-0.1, -0.05) is 88.4 Å². The van der Waals surface area contributed by atoms with Crippen LogP contribution in [0.5, 0.6) is 0 Å². The van der Waals surface area contributed by atoms with Crippen molar-refractivity contribution in [1.82, 2.24) is 0 Å². The van der Waals surface area contributed by atoms with Gasteiger partial charge in [0.05, 0.1) is 6.61 Å². The van der Waals surface area contributed by atoms with Gasteiger partial charge in [0.15, 0.2) is 0 Å². The van der Waals surface area contributed by atoms with Crippen molar-refractivity contribution in [3.63, 3.8) is 0 Å². The number of rotatable bonds is 14. The lowest BCUT2D eigenvalue weighted by Crippen LogP contribution is -1.89. The summed E-state index contributed by atoms with van der Waals surface area (Å²) in [6, 6.07) is 7.74. The average molecular weight is 369 g/mol. The fourth-order valence-electron chi connectivity index (χ4n) is 2.67. The molecule has 1 aromatic carbocycles. The number of aliphatic hydroxyl groups excluding tert-OH is 1. The summed E-state index contributed by atoms with van der Waals surface area (Å²) in [5.41, 5.74) is 1.10. The first-order valence-electron chi connectivity index (χ1n) is 9.46. The molecule has 0 heterocycles. The summed E-state index contributed by atoms with van der Waals surface area (Å²) in [6.07, 6.45) is 15.7. The van der Waals surface area contributed by atoms with Crippen LogP contribution in [0.25, 0.3) is 6.08 Å². The Morgan fingerprint density at radius 2 is 1.46 bits per heavy atom. The highest BCUT2D eigenvalue weighted by Gasteiger charge is 1.99. The van der Waals surface area contributed by atoms with Gasteiger partial charge < -0.3 is 5.11 Å². The van der Waals surface area contributed by atoms with Crippen LogP contribution in [0.4, 0.5) is 0 Å². The molecule has 0 aliphatic rings. The zero-order valence-electron chi connectivity index (χ0n) is 15.1. The second kappa shape index (κ2) is 14.9. The third-order valence-electron chi connectivity index (χ3n) is 4.14. The first-order valence-corrected chi connectivity index (χ1v) is 10.8. The smallest absolute Gasteiger partial charge is 0.0740 e. The summed E-state index contributed by atoms with van der Waals surface area (Å²) in [4.78, 5) is 1.04. The summed E-state index contributed by atoms with van der Waals surface area (Å²) in [7, 11) is 0. The van der Waals surface area contributed by atoms with E-state index in [0.29, 0.717) is 0 Å². The van der Waals surface area contributed by atoms with Crippen molar-refractivity contribution in [2.24, 2.45) is 0 Å². The van der Waals surface area contributed by atoms with E-state index in [1.54, 1.807) is 11.8 Å². The molecule has 0 aromatic heterocycles. The van der Waals surface area contributed by atoms with Crippen molar-refractivity contribution in [3.05, 3.63) is 39.8 Å². The lowest BCUT2D eigenvalue weighted by Gasteiger charge is -2.05. The summed E-state index contributed by atoms with van der Waals surface area (Å²) in [5, 5.41) is 10.2. The lowest BCUT2D eigenvalue weighted by atomic mass is 10.1. The highest BCUT2D eigenvalue weighted by molar-refractivity contribution is 8.03. The van der Waals surface area contributed by atoms with Crippen LogP contribution in [-0.4, -0.2) is 17.5 Å². The number of hydrogen-bond donors (Lipinski definition) is 1. The minimum absolute atomic E-state index is 0.116. The number of unbranched alkanes of at least 4 members (excludes halogenated alkanes) is 9. The summed E-state index contributed by atoms with van der Waals surface area (Å²) >= 11 is 7.67. The Morgan fingerprint density at radius 3 is 2.00 bits per heavy atom. The van der Waals surface area contributed by atoms with E-state index in [9.17, 15) is 5.11 Å². The van der Waals surface area contributed by atoms with Crippen LogP contribution in [0.15, 0.2) is 29.2 Å². The van der Waals surface area contributed by atoms with Crippen LogP contribution >= 0.6 is 23.4 Å². The van der Waals surface area contributed by atoms with Gasteiger partial charge in [-0.15, -0.1) is 11.8 Å². The van der Waals surface area contributed by atoms with Gasteiger partial charge in [-0.25, -0.2) is 0 Å². The van der Waals surface area contributed by atoms with Crippen molar-refractivity contribution in [3.8, 4) is 0 Å². The molecule has 1 rings (SSSR count). The monoisotopic (exact) mass is 368 g/mol. The Hall–Kier alpha value is -0.440. The van der Waals surface area contributed by atoms with Crippen molar-refractivity contribution < 1.29 is 5.11 Å². The first-order chi connectivity index (χ1) is 11.8. The Labute approximate surface area is 157 Å². The van der Waals surface area contributed by atoms with E-state index in [1.807, 2.05) is 24.3 Å². The molecule has 0 saturated heterocycles. The number of hydrogen-bond acceptors (Lipinski definition) is 2. The minimum Gasteiger partial charge on any atom is -0.391 e. The third-order valence-corrected chi connectivity index (χ3v) is 5.50. The standard InChI is InChI=1S/C21H33ClOS/c1-2-3-4-5-6-7-8-9-10-11-16-24-21(18-23)17-19-12-14-20(22)15-13-19/h12-15,17,23H,2-11,16,18H2,1H3/b21-17-. The molecule has 0 fully saturated rings. The second-order valence-corrected chi connectivity index (χ2v) is 8.01. The molecule has 0 saturated carbocycles. The highest BCUT2D eigenvalue weighted by Crippen LogP contribution is 2.22. The van der Waals surface area contributed by atoms with Crippen molar-refractivity contribution in [1.29, 1.82) is 0 Å². The number of benzene rings is 1. The molecule has 1 aromatic rings. The molecule has 0 unspecified atom stereocenters. The molecule has 0 atom stereocenters. The SMILES string of the molecule is CCCCCCCCCCCCS/C(=C\c1ccc(Cl)cc1)CO. The highest BCUT2D eigenvalue weighted by atomic mass is 35.5. The van der Waals surface area contributed by atoms with Crippen LogP contribution in [-0.2, 0) is 0 Å². The zero-order valence-corrected chi connectivity index (χ0v) is 16.7. The quantitative estimate of drug-likeness (QED) is 0.347. The molecule has 0 aliphatic carbocycles. The Bertz CT molecular complexity index is 442. The van der Waals surface area contributed by atoms with Gasteiger partial charge in [0.1, 0.15) is 0 Å². The molecule has 0 amide bonds. The maximum Gasteiger partial charge on any atom is 0.0740 e. The van der Waals surface area contributed by atoms with E-state index in [2.05, 4.69) is 13.0 Å². The molecule has 24 heavy (non-hydrogen) atoms. The second-order valence-electron chi connectivity index (χ2n) is 6.35. The van der Waals surface area contributed by atoms with Gasteiger partial charge in [-0.3, -0.25) is 0 Å². The van der Waals surface area contributed by atoms with Gasteiger partial charge >= 0.3 is 0 Å². The van der Waals surface area contributed by atoms with E-state index in [0.717, 1.165) is 21.2 Å². The van der Waals surface area contributed by atoms with Crippen LogP contribution in [0.2, 0.25) is 5.02 Å². The van der Waals surface area contributed by atoms with Gasteiger partial charge in [0, 0.05) is 9.93 Å². The molecule has 0 spiro atoms. The molecule has 0 aliphatic heterocycles. The predicted molar refractivity (Wildman–Crippen MR) is 111 cm³/mol. The maximum absolute atomic E-state index is 9.49. The fourth-order valence-corrected chi connectivity index (χ4v) is 3.72. The van der Waals surface area contributed by atoms with Crippen molar-refractivity contribution >= 4 is 29.4 Å². The Kier molecular flexibility index (Phi) is 13.4. The minimum atomic E-state index is 0.116. The average Bonchev–Trinajstić information content (AvgIpc) is 2.60. The normalized spacial score (nSPS) is 11.9. The van der Waals surface area contributed by atoms with Crippen LogP contribution in [0.1, 0.15) is 76.7 Å². The summed E-state index contributed by atoms with van der Waals surface area (Å²) in [5.74, 6) is 1.09. The van der Waals surface area contributed by atoms with E-state index >= 15 is 0 Å². The molecule has 0 radical (unpaired) electrons. The number of aliphatic hydroxyl groups is 1. The topological polar surface area (TPSA) is 20.2 Å². The van der Waals surface area contributed by atoms with E-state index in [4.69, 9.17) is 11.6 Å². The Balaban J connectivity index is 2.05. The summed E-state index contributed by atoms with van der Waals surface area (Å²) < 4.78 is 0. The number of halogens is 1. The zero-order chi connectivity index (χ0) is 17.5. The first kappa shape index (κ1) is 21.6. The Morgan fingerprint density at radius 1 is 0.917 bits per heavy atom. The van der Waals surface area contributed by atoms with Gasteiger partial charge in [-0.2, -0.15) is 0 Å². The van der Waals surface area contributed by atoms with Gasteiger partial charge in [0.25, 0.3) is 0 Å². The van der Waals surface area contributed by atoms with Gasteiger partial charge in [-0.05, 0) is 35.9 Å². The molecular weight excluding hydrogens is 336 g/mol. The molecule has 0 bridgehead atoms. The molecular formula is C21H33ClOS. The van der Waals surface area contributed by atoms with Crippen LogP contribution < -0.4 is 0 Å². The van der Waals surface area contributed by atoms with Gasteiger partial charge in [0.2, 0.25) is 0 Å². The van der Waals surface area contributed by atoms with E-state index in [-0.39, 0.29) is 6.61 Å². The lowest BCUT2D eigenvalue weighted by molar-refractivity contribution is 0.340. The van der Waals surface area contributed by atoms with E-state index < -0.39 is 0 Å². The van der Waals surface area contributed by atoms with Crippen molar-refractivity contribution in [2.75, 3.05) is 12.4 Å². The molecule has 1 N–H and O–H groups in total. The van der Waals surface area contributed by atoms with Crippen molar-refractivity contribution in [2.45, 2.75) is 71.1 Å². The molecule has 136 valence electrons. The number of thioether (sulfide) groups is 1. The van der Waals surface area contributed by atoms with Crippen LogP contribution in [0.3, 0.4) is 0 Å². The largest absolute Gasteiger partial charge is 0.391 e. The van der Waals surface area contributed by atoms with Crippen LogP contribution in [0, 0.1) is 0 Å². The predicted octanol–water partition coefficient (Wildman–Crippen LogP) is 7.33. The third kappa shape index (κ3) is 11.2. The molecule has 1 nitrogen and oxygen atoms in total. The summed E-state index contributed by atoms with van der Waals surface area (Å²) in [6.45, 7) is 2.38. The molecule has 3 heteroatoms. The fraction of sp³-hybridized carbons (Fsp3) is 0.619. The van der Waals surface area contributed by atoms with E-state index in [1.165, 1.54) is 64.2 Å². The maximum atomic E-state index is 9.49.